The Morgan fingerprint density at radius 3 is 2.42 bits per heavy atom. The molecule has 98 valence electrons. The zero-order chi connectivity index (χ0) is 13.4. The summed E-state index contributed by atoms with van der Waals surface area (Å²) in [4.78, 5) is 0. The molecule has 2 aromatic rings. The van der Waals surface area contributed by atoms with E-state index in [0.29, 0.717) is 22.2 Å². The van der Waals surface area contributed by atoms with E-state index in [2.05, 4.69) is 0 Å². The molecule has 19 heavy (non-hydrogen) atoms. The summed E-state index contributed by atoms with van der Waals surface area (Å²) >= 11 is 12.4. The summed E-state index contributed by atoms with van der Waals surface area (Å²) in [7, 11) is 0. The number of halogens is 2. The number of aliphatic hydroxyl groups is 1. The van der Waals surface area contributed by atoms with Crippen molar-refractivity contribution >= 4 is 23.2 Å². The first-order valence-electron chi connectivity index (χ1n) is 6.04. The summed E-state index contributed by atoms with van der Waals surface area (Å²) in [5.74, 6) is 0.683. The molecular formula is C15H12Cl2O2. The Kier molecular flexibility index (Phi) is 3.40. The van der Waals surface area contributed by atoms with Crippen LogP contribution in [0.3, 0.4) is 0 Å². The molecule has 1 unspecified atom stereocenters. The second kappa shape index (κ2) is 5.04. The molecule has 0 radical (unpaired) electrons. The van der Waals surface area contributed by atoms with E-state index in [1.807, 2.05) is 24.3 Å². The van der Waals surface area contributed by atoms with Crippen LogP contribution >= 0.6 is 23.2 Å². The normalized spacial score (nSPS) is 21.6. The van der Waals surface area contributed by atoms with Gasteiger partial charge in [0.15, 0.2) is 0 Å². The lowest BCUT2D eigenvalue weighted by atomic mass is 9.95. The molecule has 1 aliphatic rings. The summed E-state index contributed by atoms with van der Waals surface area (Å²) in [6.07, 6.45) is -0.450. The minimum absolute atomic E-state index is 0.328. The third kappa shape index (κ3) is 2.32. The van der Waals surface area contributed by atoms with Crippen LogP contribution < -0.4 is 4.74 Å². The van der Waals surface area contributed by atoms with Crippen LogP contribution in [0, 0.1) is 0 Å². The van der Waals surface area contributed by atoms with Crippen LogP contribution in [0.1, 0.15) is 29.8 Å². The fraction of sp³-hybridized carbons (Fsp3) is 0.200. The maximum Gasteiger partial charge on any atom is 0.129 e. The van der Waals surface area contributed by atoms with Gasteiger partial charge in [-0.2, -0.15) is 0 Å². The van der Waals surface area contributed by atoms with Crippen LogP contribution in [0.15, 0.2) is 42.5 Å². The maximum absolute atomic E-state index is 10.2. The van der Waals surface area contributed by atoms with Gasteiger partial charge in [0.1, 0.15) is 11.9 Å². The highest BCUT2D eigenvalue weighted by atomic mass is 35.5. The lowest BCUT2D eigenvalue weighted by molar-refractivity contribution is 0.0658. The molecule has 1 heterocycles. The van der Waals surface area contributed by atoms with Crippen molar-refractivity contribution < 1.29 is 9.84 Å². The molecule has 4 heteroatoms. The van der Waals surface area contributed by atoms with Crippen molar-refractivity contribution in [1.29, 1.82) is 0 Å². The molecule has 2 atom stereocenters. The van der Waals surface area contributed by atoms with Crippen molar-refractivity contribution in [2.24, 2.45) is 0 Å². The van der Waals surface area contributed by atoms with Crippen LogP contribution in [0.4, 0.5) is 0 Å². The third-order valence-electron chi connectivity index (χ3n) is 3.31. The standard InChI is InChI=1S/C15H12Cl2O2/c16-10-5-3-6-11(17)15(10)14-8-12(18)9-4-1-2-7-13(9)19-14/h1-7,12,14,18H,8H2/t12-,14?/m0/s1. The van der Waals surface area contributed by atoms with Crippen LogP contribution in [-0.2, 0) is 0 Å². The lowest BCUT2D eigenvalue weighted by Crippen LogP contribution is -2.19. The van der Waals surface area contributed by atoms with Gasteiger partial charge in [0.25, 0.3) is 0 Å². The highest BCUT2D eigenvalue weighted by Crippen LogP contribution is 2.44. The van der Waals surface area contributed by atoms with Gasteiger partial charge in [0.2, 0.25) is 0 Å². The van der Waals surface area contributed by atoms with Crippen LogP contribution in [0.25, 0.3) is 0 Å². The molecule has 0 aromatic heterocycles. The second-order valence-corrected chi connectivity index (χ2v) is 5.35. The number of aliphatic hydroxyl groups excluding tert-OH is 1. The smallest absolute Gasteiger partial charge is 0.129 e. The molecule has 0 spiro atoms. The molecule has 0 aliphatic carbocycles. The van der Waals surface area contributed by atoms with E-state index in [0.717, 1.165) is 11.1 Å². The largest absolute Gasteiger partial charge is 0.485 e. The highest BCUT2D eigenvalue weighted by Gasteiger charge is 2.30. The van der Waals surface area contributed by atoms with Gasteiger partial charge in [-0.1, -0.05) is 47.5 Å². The van der Waals surface area contributed by atoms with Crippen molar-refractivity contribution in [2.75, 3.05) is 0 Å². The summed E-state index contributed by atoms with van der Waals surface area (Å²) in [6.45, 7) is 0. The minimum atomic E-state index is -0.567. The van der Waals surface area contributed by atoms with Gasteiger partial charge in [-0.25, -0.2) is 0 Å². The van der Waals surface area contributed by atoms with Crippen molar-refractivity contribution in [2.45, 2.75) is 18.6 Å². The molecule has 2 nitrogen and oxygen atoms in total. The third-order valence-corrected chi connectivity index (χ3v) is 3.97. The summed E-state index contributed by atoms with van der Waals surface area (Å²) in [5, 5.41) is 11.3. The second-order valence-electron chi connectivity index (χ2n) is 4.53. The first kappa shape index (κ1) is 12.8. The average molecular weight is 295 g/mol. The van der Waals surface area contributed by atoms with Crippen LogP contribution in [0.2, 0.25) is 10.0 Å². The maximum atomic E-state index is 10.2. The molecule has 3 rings (SSSR count). The first-order valence-corrected chi connectivity index (χ1v) is 6.80. The molecule has 0 fully saturated rings. The predicted molar refractivity (Wildman–Crippen MR) is 75.8 cm³/mol. The zero-order valence-corrected chi connectivity index (χ0v) is 11.5. The molecule has 0 amide bonds. The summed E-state index contributed by atoms with van der Waals surface area (Å²) in [5.41, 5.74) is 1.54. The Balaban J connectivity index is 2.02. The van der Waals surface area contributed by atoms with Crippen molar-refractivity contribution in [3.8, 4) is 5.75 Å². The van der Waals surface area contributed by atoms with E-state index in [9.17, 15) is 5.11 Å². The SMILES string of the molecule is O[C@H]1CC(c2c(Cl)cccc2Cl)Oc2ccccc21. The first-order chi connectivity index (χ1) is 9.16. The van der Waals surface area contributed by atoms with E-state index in [1.165, 1.54) is 0 Å². The highest BCUT2D eigenvalue weighted by molar-refractivity contribution is 6.36. The number of fused-ring (bicyclic) bond motifs is 1. The topological polar surface area (TPSA) is 29.5 Å². The average Bonchev–Trinajstić information content (AvgIpc) is 2.38. The van der Waals surface area contributed by atoms with E-state index in [-0.39, 0.29) is 6.10 Å². The van der Waals surface area contributed by atoms with Gasteiger partial charge in [0.05, 0.1) is 6.10 Å². The number of hydrogen-bond acceptors (Lipinski definition) is 2. The van der Waals surface area contributed by atoms with Gasteiger partial charge in [-0.3, -0.25) is 0 Å². The van der Waals surface area contributed by atoms with Crippen LogP contribution in [-0.4, -0.2) is 5.11 Å². The molecule has 0 bridgehead atoms. The Hall–Kier alpha value is -1.22. The fourth-order valence-corrected chi connectivity index (χ4v) is 3.03. The van der Waals surface area contributed by atoms with E-state index in [1.54, 1.807) is 18.2 Å². The van der Waals surface area contributed by atoms with E-state index >= 15 is 0 Å². The van der Waals surface area contributed by atoms with Crippen LogP contribution in [0.5, 0.6) is 5.75 Å². The predicted octanol–water partition coefficient (Wildman–Crippen LogP) is 4.55. The zero-order valence-electron chi connectivity index (χ0n) is 10.0. The number of benzene rings is 2. The monoisotopic (exact) mass is 294 g/mol. The Labute approximate surface area is 121 Å². The lowest BCUT2D eigenvalue weighted by Gasteiger charge is -2.30. The summed E-state index contributed by atoms with van der Waals surface area (Å²) in [6, 6.07) is 12.8. The summed E-state index contributed by atoms with van der Waals surface area (Å²) < 4.78 is 5.92. The van der Waals surface area contributed by atoms with Gasteiger partial charge in [-0.15, -0.1) is 0 Å². The van der Waals surface area contributed by atoms with Crippen molar-refractivity contribution in [1.82, 2.24) is 0 Å². The molecule has 2 aromatic carbocycles. The number of para-hydroxylation sites is 1. The van der Waals surface area contributed by atoms with Gasteiger partial charge in [0, 0.05) is 27.6 Å². The minimum Gasteiger partial charge on any atom is -0.485 e. The molecule has 0 saturated carbocycles. The fourth-order valence-electron chi connectivity index (χ4n) is 2.39. The Morgan fingerprint density at radius 1 is 1.00 bits per heavy atom. The van der Waals surface area contributed by atoms with E-state index < -0.39 is 6.10 Å². The molecular weight excluding hydrogens is 283 g/mol. The number of hydrogen-bond donors (Lipinski definition) is 1. The molecule has 1 aliphatic heterocycles. The molecule has 0 saturated heterocycles. The van der Waals surface area contributed by atoms with Gasteiger partial charge in [-0.05, 0) is 18.2 Å². The molecule has 1 N–H and O–H groups in total. The Bertz CT molecular complexity index is 593. The Morgan fingerprint density at radius 2 is 1.68 bits per heavy atom. The number of rotatable bonds is 1. The van der Waals surface area contributed by atoms with E-state index in [4.69, 9.17) is 27.9 Å². The van der Waals surface area contributed by atoms with Gasteiger partial charge < -0.3 is 9.84 Å². The van der Waals surface area contributed by atoms with Crippen molar-refractivity contribution in [3.63, 3.8) is 0 Å². The quantitative estimate of drug-likeness (QED) is 0.836. The van der Waals surface area contributed by atoms with Crippen molar-refractivity contribution in [3.05, 3.63) is 63.6 Å². The van der Waals surface area contributed by atoms with Gasteiger partial charge >= 0.3 is 0 Å². The number of ether oxygens (including phenoxy) is 1.